The summed E-state index contributed by atoms with van der Waals surface area (Å²) in [6, 6.07) is 9.33. The van der Waals surface area contributed by atoms with Crippen molar-refractivity contribution < 1.29 is 8.83 Å². The SMILES string of the molecule is CC1CC(c2ccc([Si](C)(C)C)o2)C([Si](C)(C)C2C(c3ccc([Si](C)(C)C)o3)CC(C)C2C)C1C. The molecule has 0 aliphatic heterocycles. The van der Waals surface area contributed by atoms with Gasteiger partial charge >= 0.3 is 0 Å². The smallest absolute Gasteiger partial charge is 0.123 e. The minimum Gasteiger partial charge on any atom is -0.471 e. The second-order valence-corrected chi connectivity index (χ2v) is 30.1. The highest BCUT2D eigenvalue weighted by molar-refractivity contribution is 6.88. The van der Waals surface area contributed by atoms with Gasteiger partial charge in [-0.1, -0.05) is 80.1 Å². The Balaban J connectivity index is 1.72. The monoisotopic (exact) mass is 528 g/mol. The summed E-state index contributed by atoms with van der Waals surface area (Å²) in [4.78, 5) is 0. The highest BCUT2D eigenvalue weighted by Crippen LogP contribution is 2.64. The second kappa shape index (κ2) is 9.20. The Morgan fingerprint density at radius 2 is 0.914 bits per heavy atom. The number of furan rings is 2. The average Bonchev–Trinajstić information content (AvgIpc) is 3.48. The van der Waals surface area contributed by atoms with Crippen molar-refractivity contribution >= 4 is 35.0 Å². The maximum absolute atomic E-state index is 6.69. The molecule has 0 aromatic carbocycles. The first-order valence-corrected chi connectivity index (χ1v) is 24.4. The molecular formula is C30H52O2Si3. The molecule has 0 radical (unpaired) electrons. The molecule has 5 heteroatoms. The van der Waals surface area contributed by atoms with Gasteiger partial charge in [0.25, 0.3) is 0 Å². The van der Waals surface area contributed by atoms with E-state index >= 15 is 0 Å². The van der Waals surface area contributed by atoms with E-state index in [1.165, 1.54) is 35.1 Å². The van der Waals surface area contributed by atoms with Crippen LogP contribution in [0.15, 0.2) is 33.1 Å². The van der Waals surface area contributed by atoms with Crippen LogP contribution in [0.2, 0.25) is 63.5 Å². The van der Waals surface area contributed by atoms with E-state index in [2.05, 4.69) is 104 Å². The molecule has 0 bridgehead atoms. The van der Waals surface area contributed by atoms with Gasteiger partial charge in [0.05, 0.1) is 18.8 Å². The Bertz CT molecular complexity index is 941. The van der Waals surface area contributed by atoms with Crippen LogP contribution in [0.25, 0.3) is 0 Å². The fraction of sp³-hybridized carbons (Fsp3) is 0.733. The molecule has 2 fully saturated rings. The molecule has 2 aliphatic rings. The molecule has 2 aromatic heterocycles. The van der Waals surface area contributed by atoms with E-state index in [4.69, 9.17) is 8.83 Å². The van der Waals surface area contributed by atoms with Crippen LogP contribution < -0.4 is 10.8 Å². The van der Waals surface area contributed by atoms with Crippen LogP contribution >= 0.6 is 0 Å². The van der Waals surface area contributed by atoms with Crippen molar-refractivity contribution in [3.8, 4) is 0 Å². The summed E-state index contributed by atoms with van der Waals surface area (Å²) in [5.41, 5.74) is 1.51. The molecule has 35 heavy (non-hydrogen) atoms. The first-order chi connectivity index (χ1) is 16.0. The molecular weight excluding hydrogens is 477 g/mol. The van der Waals surface area contributed by atoms with Crippen molar-refractivity contribution in [2.24, 2.45) is 23.7 Å². The Morgan fingerprint density at radius 3 is 1.20 bits per heavy atom. The van der Waals surface area contributed by atoms with Crippen molar-refractivity contribution in [2.75, 3.05) is 0 Å². The summed E-state index contributed by atoms with van der Waals surface area (Å²) >= 11 is 0. The Hall–Kier alpha value is -0.789. The standard InChI is InChI=1S/C30H52O2Si3/c1-19-17-23(25-13-15-27(31-25)33(5,6)7)29(21(19)3)35(11,12)30-22(4)20(2)18-24(30)26-14-16-28(32-26)34(8,9)10/h13-16,19-24,29-30H,17-18H2,1-12H3. The number of rotatable bonds is 6. The lowest BCUT2D eigenvalue weighted by Crippen LogP contribution is -2.45. The van der Waals surface area contributed by atoms with Crippen LogP contribution in [-0.2, 0) is 0 Å². The maximum Gasteiger partial charge on any atom is 0.123 e. The number of hydrogen-bond donors (Lipinski definition) is 0. The minimum absolute atomic E-state index is 0.574. The highest BCUT2D eigenvalue weighted by Gasteiger charge is 2.57. The van der Waals surface area contributed by atoms with Gasteiger partial charge < -0.3 is 8.83 Å². The van der Waals surface area contributed by atoms with Gasteiger partial charge in [-0.05, 0) is 71.9 Å². The van der Waals surface area contributed by atoms with E-state index < -0.39 is 24.2 Å². The molecule has 0 saturated heterocycles. The molecule has 2 heterocycles. The first-order valence-electron chi connectivity index (χ1n) is 14.2. The summed E-state index contributed by atoms with van der Waals surface area (Å²) in [5, 5.41) is 2.54. The molecule has 4 rings (SSSR count). The molecule has 8 unspecified atom stereocenters. The second-order valence-electron chi connectivity index (χ2n) is 15.1. The summed E-state index contributed by atoms with van der Waals surface area (Å²) in [6.07, 6.45) is 2.56. The van der Waals surface area contributed by atoms with E-state index in [1.807, 2.05) is 0 Å². The summed E-state index contributed by atoms with van der Waals surface area (Å²) in [7, 11) is -4.60. The predicted molar refractivity (Wildman–Crippen MR) is 160 cm³/mol. The largest absolute Gasteiger partial charge is 0.471 e. The molecule has 196 valence electrons. The third kappa shape index (κ3) is 4.91. The van der Waals surface area contributed by atoms with Crippen LogP contribution in [0.4, 0.5) is 0 Å². The van der Waals surface area contributed by atoms with Crippen LogP contribution in [0, 0.1) is 23.7 Å². The van der Waals surface area contributed by atoms with Gasteiger partial charge in [0, 0.05) is 11.8 Å². The topological polar surface area (TPSA) is 26.3 Å². The average molecular weight is 529 g/mol. The zero-order valence-electron chi connectivity index (χ0n) is 24.7. The van der Waals surface area contributed by atoms with Gasteiger partial charge in [0.15, 0.2) is 0 Å². The van der Waals surface area contributed by atoms with Crippen molar-refractivity contribution in [3.05, 3.63) is 35.8 Å². The lowest BCUT2D eigenvalue weighted by atomic mass is 10.00. The fourth-order valence-corrected chi connectivity index (χ4v) is 16.6. The Kier molecular flexibility index (Phi) is 7.16. The van der Waals surface area contributed by atoms with Gasteiger partial charge in [-0.3, -0.25) is 0 Å². The van der Waals surface area contributed by atoms with E-state index in [1.54, 1.807) is 0 Å². The molecule has 0 spiro atoms. The quantitative estimate of drug-likeness (QED) is 0.351. The molecule has 8 atom stereocenters. The fourth-order valence-electron chi connectivity index (χ4n) is 8.08. The zero-order chi connectivity index (χ0) is 26.1. The summed E-state index contributed by atoms with van der Waals surface area (Å²) in [5.74, 6) is 6.74. The van der Waals surface area contributed by atoms with Gasteiger partial charge in [-0.2, -0.15) is 0 Å². The molecule has 0 N–H and O–H groups in total. The summed E-state index contributed by atoms with van der Waals surface area (Å²) in [6.45, 7) is 30.0. The van der Waals surface area contributed by atoms with Crippen LogP contribution in [0.5, 0.6) is 0 Å². The van der Waals surface area contributed by atoms with Crippen molar-refractivity contribution in [2.45, 2.75) is 116 Å². The Morgan fingerprint density at radius 1 is 0.571 bits per heavy atom. The molecule has 0 amide bonds. The van der Waals surface area contributed by atoms with Gasteiger partial charge in [-0.15, -0.1) is 0 Å². The lowest BCUT2D eigenvalue weighted by Gasteiger charge is -2.45. The van der Waals surface area contributed by atoms with E-state index in [9.17, 15) is 0 Å². The molecule has 2 aliphatic carbocycles. The molecule has 2 saturated carbocycles. The third-order valence-corrected chi connectivity index (χ3v) is 19.0. The minimum atomic E-state index is -1.71. The van der Waals surface area contributed by atoms with Crippen LogP contribution in [0.3, 0.4) is 0 Å². The maximum atomic E-state index is 6.69. The van der Waals surface area contributed by atoms with E-state index in [-0.39, 0.29) is 0 Å². The summed E-state index contributed by atoms with van der Waals surface area (Å²) < 4.78 is 13.4. The highest BCUT2D eigenvalue weighted by atomic mass is 28.3. The normalized spacial score (nSPS) is 34.6. The van der Waals surface area contributed by atoms with Gasteiger partial charge in [0.2, 0.25) is 0 Å². The van der Waals surface area contributed by atoms with Crippen molar-refractivity contribution in [1.29, 1.82) is 0 Å². The van der Waals surface area contributed by atoms with Crippen molar-refractivity contribution in [3.63, 3.8) is 0 Å². The van der Waals surface area contributed by atoms with Crippen molar-refractivity contribution in [1.82, 2.24) is 0 Å². The Labute approximate surface area is 218 Å². The van der Waals surface area contributed by atoms with Gasteiger partial charge in [-0.25, -0.2) is 0 Å². The molecule has 2 aromatic rings. The molecule has 2 nitrogen and oxygen atoms in total. The van der Waals surface area contributed by atoms with Crippen LogP contribution in [0.1, 0.15) is 63.9 Å². The number of hydrogen-bond acceptors (Lipinski definition) is 2. The van der Waals surface area contributed by atoms with Crippen LogP contribution in [-0.4, -0.2) is 24.2 Å². The zero-order valence-corrected chi connectivity index (χ0v) is 27.7. The predicted octanol–water partition coefficient (Wildman–Crippen LogP) is 8.63. The lowest BCUT2D eigenvalue weighted by molar-refractivity contribution is 0.419. The third-order valence-electron chi connectivity index (χ3n) is 10.2. The first kappa shape index (κ1) is 27.3. The van der Waals surface area contributed by atoms with E-state index in [0.29, 0.717) is 11.8 Å². The van der Waals surface area contributed by atoms with E-state index in [0.717, 1.165) is 34.8 Å². The van der Waals surface area contributed by atoms with Gasteiger partial charge in [0.1, 0.15) is 27.7 Å².